The van der Waals surface area contributed by atoms with Crippen LogP contribution in [-0.2, 0) is 13.0 Å². The first-order chi connectivity index (χ1) is 18.9. The van der Waals surface area contributed by atoms with Gasteiger partial charge in [-0.15, -0.1) is 0 Å². The lowest BCUT2D eigenvalue weighted by Gasteiger charge is -2.16. The maximum absolute atomic E-state index is 13.5. The molecule has 0 spiro atoms. The second kappa shape index (κ2) is 10.8. The molecule has 1 amide bonds. The van der Waals surface area contributed by atoms with Crippen LogP contribution in [0.3, 0.4) is 0 Å². The number of nitrogens with one attached hydrogen (secondary N) is 1. The number of pyridine rings is 2. The molecule has 5 rings (SSSR count). The fraction of sp³-hybridized carbons (Fsp3) is 0.200. The van der Waals surface area contributed by atoms with E-state index in [1.165, 1.54) is 4.40 Å². The summed E-state index contributed by atoms with van der Waals surface area (Å²) in [6.07, 6.45) is 2.21. The number of nitrogens with zero attached hydrogens (tertiary/aromatic N) is 3. The summed E-state index contributed by atoms with van der Waals surface area (Å²) in [6.45, 7) is 2.28. The van der Waals surface area contributed by atoms with E-state index in [1.807, 2.05) is 61.5 Å². The Morgan fingerprint density at radius 2 is 1.77 bits per heavy atom. The fourth-order valence-corrected chi connectivity index (χ4v) is 4.69. The Kier molecular flexibility index (Phi) is 7.14. The van der Waals surface area contributed by atoms with E-state index in [1.54, 1.807) is 43.2 Å². The number of amides is 1. The first-order valence-corrected chi connectivity index (χ1v) is 12.6. The number of methoxy groups -OCH3 is 2. The van der Waals surface area contributed by atoms with E-state index in [9.17, 15) is 9.59 Å². The number of rotatable bonds is 8. The lowest BCUT2D eigenvalue weighted by molar-refractivity contribution is -0.658. The van der Waals surface area contributed by atoms with Crippen molar-refractivity contribution in [1.82, 2.24) is 14.7 Å². The first kappa shape index (κ1) is 25.7. The summed E-state index contributed by atoms with van der Waals surface area (Å²) < 4.78 is 14.0. The van der Waals surface area contributed by atoms with Crippen molar-refractivity contribution >= 4 is 28.4 Å². The molecule has 5 aromatic rings. The Labute approximate surface area is 225 Å². The maximum Gasteiger partial charge on any atom is 0.278 e. The van der Waals surface area contributed by atoms with Crippen LogP contribution >= 0.6 is 0 Å². The average molecular weight is 525 g/mol. The van der Waals surface area contributed by atoms with Crippen LogP contribution in [0.2, 0.25) is 0 Å². The van der Waals surface area contributed by atoms with Crippen molar-refractivity contribution in [1.29, 1.82) is 0 Å². The van der Waals surface area contributed by atoms with Gasteiger partial charge in [-0.1, -0.05) is 47.4 Å². The van der Waals surface area contributed by atoms with E-state index >= 15 is 0 Å². The minimum absolute atomic E-state index is 0.215. The van der Waals surface area contributed by atoms with Crippen LogP contribution in [0.15, 0.2) is 83.8 Å². The molecule has 0 saturated heterocycles. The summed E-state index contributed by atoms with van der Waals surface area (Å²) in [4.78, 5) is 31.7. The topological polar surface area (TPSA) is 112 Å². The Balaban J connectivity index is 1.60. The van der Waals surface area contributed by atoms with Crippen LogP contribution in [0.1, 0.15) is 34.5 Å². The minimum Gasteiger partial charge on any atom is -0.493 e. The number of nitrogen functional groups attached to an aromatic ring is 1. The highest BCUT2D eigenvalue weighted by atomic mass is 16.5. The number of carbonyl (C=O) groups is 1. The van der Waals surface area contributed by atoms with Crippen molar-refractivity contribution in [2.24, 2.45) is 0 Å². The number of hydrogen-bond acceptors (Lipinski definition) is 6. The molecule has 0 aliphatic heterocycles. The van der Waals surface area contributed by atoms with Gasteiger partial charge in [0.15, 0.2) is 11.5 Å². The number of nitrogens with two attached hydrogens (primary N) is 1. The highest BCUT2D eigenvalue weighted by molar-refractivity contribution is 6.00. The van der Waals surface area contributed by atoms with E-state index in [-0.39, 0.29) is 28.9 Å². The summed E-state index contributed by atoms with van der Waals surface area (Å²) in [6, 6.07) is 22.0. The van der Waals surface area contributed by atoms with Gasteiger partial charge in [-0.05, 0) is 48.4 Å². The van der Waals surface area contributed by atoms with Gasteiger partial charge >= 0.3 is 0 Å². The Morgan fingerprint density at radius 3 is 2.51 bits per heavy atom. The summed E-state index contributed by atoms with van der Waals surface area (Å²) >= 11 is 0. The molecule has 0 aliphatic rings. The third-order valence-electron chi connectivity index (χ3n) is 6.82. The van der Waals surface area contributed by atoms with Gasteiger partial charge in [-0.3, -0.25) is 14.0 Å². The Bertz CT molecular complexity index is 1730. The molecule has 39 heavy (non-hydrogen) atoms. The third-order valence-corrected chi connectivity index (χ3v) is 6.82. The molecule has 9 nitrogen and oxygen atoms in total. The quantitative estimate of drug-likeness (QED) is 0.238. The molecule has 2 aromatic carbocycles. The minimum atomic E-state index is -0.372. The zero-order valence-electron chi connectivity index (χ0n) is 22.0. The molecule has 1 atom stereocenters. The van der Waals surface area contributed by atoms with E-state index in [2.05, 4.69) is 5.32 Å². The highest BCUT2D eigenvalue weighted by Crippen LogP contribution is 2.28. The number of benzene rings is 2. The second-order valence-electron chi connectivity index (χ2n) is 9.22. The van der Waals surface area contributed by atoms with Crippen LogP contribution in [-0.4, -0.2) is 29.5 Å². The van der Waals surface area contributed by atoms with E-state index in [0.29, 0.717) is 41.1 Å². The van der Waals surface area contributed by atoms with Crippen LogP contribution in [0.5, 0.6) is 11.5 Å². The fourth-order valence-electron chi connectivity index (χ4n) is 4.69. The highest BCUT2D eigenvalue weighted by Gasteiger charge is 2.25. The zero-order valence-corrected chi connectivity index (χ0v) is 22.0. The molecule has 3 heterocycles. The van der Waals surface area contributed by atoms with Crippen molar-refractivity contribution in [2.45, 2.75) is 25.9 Å². The number of ether oxygens (including phenoxy) is 2. The van der Waals surface area contributed by atoms with Crippen molar-refractivity contribution in [3.05, 3.63) is 106 Å². The largest absolute Gasteiger partial charge is 0.493 e. The van der Waals surface area contributed by atoms with Crippen LogP contribution in [0.4, 0.5) is 5.82 Å². The molecule has 198 valence electrons. The average Bonchev–Trinajstić information content (AvgIpc) is 2.97. The predicted molar refractivity (Wildman–Crippen MR) is 149 cm³/mol. The van der Waals surface area contributed by atoms with Gasteiger partial charge in [0.05, 0.1) is 26.8 Å². The van der Waals surface area contributed by atoms with Gasteiger partial charge < -0.3 is 20.5 Å². The lowest BCUT2D eigenvalue weighted by atomic mass is 10.1. The monoisotopic (exact) mass is 524 g/mol. The standard InChI is InChI=1S/C30H29N5O4/c1-19(21-9-5-4-6-10-21)32-29(36)22-18-23-28(33-26-11-7-8-15-34(26)30(23)37)35(27(22)31)16-14-20-12-13-24(38-2)25(17-20)39-3/h4-13,15,17-19,31H,14,16H2,1-3H3,(H,32,36)/p+1/t19-/m0/s1. The van der Waals surface area contributed by atoms with Crippen molar-refractivity contribution in [3.63, 3.8) is 0 Å². The normalized spacial score (nSPS) is 11.9. The number of carbonyl (C=O) groups excluding carboxylic acids is 1. The molecule has 3 aromatic heterocycles. The summed E-state index contributed by atoms with van der Waals surface area (Å²) in [7, 11) is 3.17. The van der Waals surface area contributed by atoms with Crippen molar-refractivity contribution in [2.75, 3.05) is 20.0 Å². The van der Waals surface area contributed by atoms with Gasteiger partial charge in [0.25, 0.3) is 17.1 Å². The Morgan fingerprint density at radius 1 is 1.03 bits per heavy atom. The van der Waals surface area contributed by atoms with E-state index in [0.717, 1.165) is 11.1 Å². The molecule has 0 unspecified atom stereocenters. The summed E-state index contributed by atoms with van der Waals surface area (Å²) in [5, 5.41) is 3.31. The number of hydrogen-bond donors (Lipinski definition) is 2. The molecular formula is C30H30N5O4+. The second-order valence-corrected chi connectivity index (χ2v) is 9.22. The zero-order chi connectivity index (χ0) is 27.5. The van der Waals surface area contributed by atoms with Gasteiger partial charge in [0, 0.05) is 12.6 Å². The number of fused-ring (bicyclic) bond motifs is 2. The van der Waals surface area contributed by atoms with Gasteiger partial charge in [0.2, 0.25) is 11.5 Å². The molecule has 3 N–H and O–H groups in total. The van der Waals surface area contributed by atoms with Gasteiger partial charge in [-0.2, -0.15) is 0 Å². The number of aromatic nitrogens is 3. The predicted octanol–water partition coefficient (Wildman–Crippen LogP) is 3.47. The van der Waals surface area contributed by atoms with Gasteiger partial charge in [0.1, 0.15) is 10.9 Å². The van der Waals surface area contributed by atoms with Crippen LogP contribution < -0.4 is 30.7 Å². The number of aryl methyl sites for hydroxylation is 2. The molecule has 0 saturated carbocycles. The smallest absolute Gasteiger partial charge is 0.278 e. The third kappa shape index (κ3) is 4.98. The molecular weight excluding hydrogens is 494 g/mol. The first-order valence-electron chi connectivity index (χ1n) is 12.6. The van der Waals surface area contributed by atoms with Crippen molar-refractivity contribution < 1.29 is 18.8 Å². The lowest BCUT2D eigenvalue weighted by Crippen LogP contribution is -2.43. The van der Waals surface area contributed by atoms with Crippen molar-refractivity contribution in [3.8, 4) is 11.5 Å². The van der Waals surface area contributed by atoms with E-state index in [4.69, 9.17) is 20.2 Å². The SMILES string of the molecule is COc1ccc(CC[n+]2c(N)c(C(=O)N[C@@H](C)c3ccccc3)cc3c(=O)n4ccccc4nc32)cc1OC. The molecule has 0 aliphatic carbocycles. The summed E-state index contributed by atoms with van der Waals surface area (Å²) in [5.41, 5.74) is 9.40. The van der Waals surface area contributed by atoms with Crippen LogP contribution in [0, 0.1) is 0 Å². The van der Waals surface area contributed by atoms with Crippen LogP contribution in [0.25, 0.3) is 16.7 Å². The molecule has 9 heteroatoms. The molecule has 0 bridgehead atoms. The molecule has 0 radical (unpaired) electrons. The van der Waals surface area contributed by atoms with E-state index < -0.39 is 0 Å². The summed E-state index contributed by atoms with van der Waals surface area (Å²) in [5.74, 6) is 1.10. The van der Waals surface area contributed by atoms with Gasteiger partial charge in [-0.25, -0.2) is 4.57 Å². The number of anilines is 1. The molecule has 0 fully saturated rings. The maximum atomic E-state index is 13.5. The Hall–Kier alpha value is -4.92.